The lowest BCUT2D eigenvalue weighted by Crippen LogP contribution is -2.29. The predicted molar refractivity (Wildman–Crippen MR) is 84.2 cm³/mol. The average Bonchev–Trinajstić information content (AvgIpc) is 2.48. The van der Waals surface area contributed by atoms with Crippen LogP contribution in [-0.2, 0) is 0 Å². The summed E-state index contributed by atoms with van der Waals surface area (Å²) in [5.41, 5.74) is 0.662. The highest BCUT2D eigenvalue weighted by Gasteiger charge is 2.18. The molecule has 122 valence electrons. The molecule has 2 aromatic carbocycles. The topological polar surface area (TPSA) is 69.6 Å². The molecule has 1 amide bonds. The zero-order valence-corrected chi connectivity index (χ0v) is 13.7. The normalized spacial score (nSPS) is 12.0. The summed E-state index contributed by atoms with van der Waals surface area (Å²) in [5, 5.41) is 22.2. The summed E-state index contributed by atoms with van der Waals surface area (Å²) < 4.78 is 26.8. The lowest BCUT2D eigenvalue weighted by atomic mass is 10.1. The number of phenolic OH excluding ortho intramolecular Hbond substituents is 1. The van der Waals surface area contributed by atoms with E-state index in [4.69, 9.17) is 0 Å². The van der Waals surface area contributed by atoms with E-state index in [1.54, 1.807) is 13.0 Å². The van der Waals surface area contributed by atoms with Gasteiger partial charge >= 0.3 is 0 Å². The summed E-state index contributed by atoms with van der Waals surface area (Å²) in [7, 11) is 0. The van der Waals surface area contributed by atoms with Crippen LogP contribution in [0.1, 0.15) is 27.6 Å². The molecule has 0 radical (unpaired) electrons. The second-order valence-electron chi connectivity index (χ2n) is 5.03. The van der Waals surface area contributed by atoms with Crippen molar-refractivity contribution in [3.05, 3.63) is 63.1 Å². The van der Waals surface area contributed by atoms with Crippen LogP contribution in [0.5, 0.6) is 5.75 Å². The van der Waals surface area contributed by atoms with Crippen LogP contribution < -0.4 is 5.32 Å². The van der Waals surface area contributed by atoms with E-state index in [1.165, 1.54) is 6.07 Å². The highest BCUT2D eigenvalue weighted by Crippen LogP contribution is 2.29. The van der Waals surface area contributed by atoms with Gasteiger partial charge in [0.25, 0.3) is 5.91 Å². The van der Waals surface area contributed by atoms with E-state index in [1.807, 2.05) is 0 Å². The van der Waals surface area contributed by atoms with Gasteiger partial charge in [0.1, 0.15) is 17.4 Å². The van der Waals surface area contributed by atoms with E-state index in [-0.39, 0.29) is 23.4 Å². The molecule has 0 saturated heterocycles. The molecule has 0 fully saturated rings. The number of rotatable bonds is 4. The van der Waals surface area contributed by atoms with Gasteiger partial charge in [0.2, 0.25) is 0 Å². The minimum Gasteiger partial charge on any atom is -0.506 e. The molecule has 1 unspecified atom stereocenters. The summed E-state index contributed by atoms with van der Waals surface area (Å²) in [6.07, 6.45) is -1.34. The van der Waals surface area contributed by atoms with Crippen molar-refractivity contribution in [2.24, 2.45) is 0 Å². The summed E-state index contributed by atoms with van der Waals surface area (Å²) >= 11 is 3.13. The largest absolute Gasteiger partial charge is 0.506 e. The van der Waals surface area contributed by atoms with Crippen molar-refractivity contribution in [1.29, 1.82) is 0 Å². The fraction of sp³-hybridized carbons (Fsp3) is 0.188. The fourth-order valence-electron chi connectivity index (χ4n) is 2.07. The quantitative estimate of drug-likeness (QED) is 0.756. The maximum Gasteiger partial charge on any atom is 0.255 e. The van der Waals surface area contributed by atoms with Gasteiger partial charge in [-0.3, -0.25) is 4.79 Å². The number of aromatic hydroxyl groups is 1. The number of aryl methyl sites for hydroxylation is 1. The molecule has 2 rings (SSSR count). The van der Waals surface area contributed by atoms with E-state index in [0.717, 1.165) is 17.7 Å². The summed E-state index contributed by atoms with van der Waals surface area (Å²) in [5.74, 6) is -2.49. The highest BCUT2D eigenvalue weighted by atomic mass is 79.9. The van der Waals surface area contributed by atoms with Crippen molar-refractivity contribution < 1.29 is 23.8 Å². The van der Waals surface area contributed by atoms with E-state index < -0.39 is 23.6 Å². The number of halogens is 3. The lowest BCUT2D eigenvalue weighted by Gasteiger charge is -2.14. The van der Waals surface area contributed by atoms with Crippen LogP contribution in [0.4, 0.5) is 8.78 Å². The van der Waals surface area contributed by atoms with Crippen LogP contribution in [-0.4, -0.2) is 22.7 Å². The maximum absolute atomic E-state index is 13.6. The standard InChI is InChI=1S/C16H14BrF2NO3/c1-8-4-11(15(22)12(17)5-8)16(23)20-7-14(21)10-3-2-9(18)6-13(10)19/h2-6,14,21-22H,7H2,1H3,(H,20,23). The molecule has 0 saturated carbocycles. The van der Waals surface area contributed by atoms with Crippen molar-refractivity contribution in [3.8, 4) is 5.75 Å². The molecule has 23 heavy (non-hydrogen) atoms. The number of carbonyl (C=O) groups is 1. The number of carbonyl (C=O) groups excluding carboxylic acids is 1. The highest BCUT2D eigenvalue weighted by molar-refractivity contribution is 9.10. The molecule has 7 heteroatoms. The molecular formula is C16H14BrF2NO3. The third-order valence-corrected chi connectivity index (χ3v) is 3.83. The minimum absolute atomic E-state index is 0.0312. The van der Waals surface area contributed by atoms with Gasteiger partial charge in [-0.05, 0) is 46.6 Å². The molecule has 3 N–H and O–H groups in total. The Kier molecular flexibility index (Phi) is 5.33. The number of amides is 1. The van der Waals surface area contributed by atoms with E-state index in [0.29, 0.717) is 10.5 Å². The Labute approximate surface area is 139 Å². The minimum atomic E-state index is -1.34. The SMILES string of the molecule is Cc1cc(Br)c(O)c(C(=O)NCC(O)c2ccc(F)cc2F)c1. The van der Waals surface area contributed by atoms with Crippen LogP contribution in [0.15, 0.2) is 34.8 Å². The van der Waals surface area contributed by atoms with E-state index in [9.17, 15) is 23.8 Å². The average molecular weight is 386 g/mol. The van der Waals surface area contributed by atoms with Gasteiger partial charge in [0.05, 0.1) is 16.1 Å². The van der Waals surface area contributed by atoms with Gasteiger partial charge in [-0.15, -0.1) is 0 Å². The molecule has 0 aromatic heterocycles. The van der Waals surface area contributed by atoms with Crippen LogP contribution in [0, 0.1) is 18.6 Å². The Morgan fingerprint density at radius 2 is 2.00 bits per heavy atom. The predicted octanol–water partition coefficient (Wildman–Crippen LogP) is 3.20. The number of aliphatic hydroxyl groups excluding tert-OH is 1. The van der Waals surface area contributed by atoms with Crippen molar-refractivity contribution in [1.82, 2.24) is 5.32 Å². The lowest BCUT2D eigenvalue weighted by molar-refractivity contribution is 0.0911. The first kappa shape index (κ1) is 17.4. The zero-order chi connectivity index (χ0) is 17.1. The van der Waals surface area contributed by atoms with Gasteiger partial charge in [0, 0.05) is 18.2 Å². The molecule has 0 aliphatic carbocycles. The Bertz CT molecular complexity index is 752. The zero-order valence-electron chi connectivity index (χ0n) is 12.1. The Hall–Kier alpha value is -1.99. The number of hydrogen-bond donors (Lipinski definition) is 3. The van der Waals surface area contributed by atoms with Crippen LogP contribution in [0.2, 0.25) is 0 Å². The van der Waals surface area contributed by atoms with Crippen molar-refractivity contribution in [2.75, 3.05) is 6.54 Å². The molecule has 0 heterocycles. The summed E-state index contributed by atoms with van der Waals surface area (Å²) in [6.45, 7) is 1.47. The monoisotopic (exact) mass is 385 g/mol. The Balaban J connectivity index is 2.10. The van der Waals surface area contributed by atoms with E-state index in [2.05, 4.69) is 21.2 Å². The van der Waals surface area contributed by atoms with Gasteiger partial charge in [0.15, 0.2) is 0 Å². The number of phenols is 1. The molecule has 1 atom stereocenters. The number of aliphatic hydroxyl groups is 1. The second-order valence-corrected chi connectivity index (χ2v) is 5.89. The van der Waals surface area contributed by atoms with Crippen molar-refractivity contribution >= 4 is 21.8 Å². The number of hydrogen-bond acceptors (Lipinski definition) is 3. The van der Waals surface area contributed by atoms with Crippen LogP contribution in [0.25, 0.3) is 0 Å². The van der Waals surface area contributed by atoms with Crippen LogP contribution in [0.3, 0.4) is 0 Å². The fourth-order valence-corrected chi connectivity index (χ4v) is 2.65. The first-order valence-corrected chi connectivity index (χ1v) is 7.49. The van der Waals surface area contributed by atoms with Gasteiger partial charge in [-0.2, -0.15) is 0 Å². The first-order chi connectivity index (χ1) is 10.8. The van der Waals surface area contributed by atoms with Gasteiger partial charge in [-0.25, -0.2) is 8.78 Å². The Morgan fingerprint density at radius 3 is 2.65 bits per heavy atom. The molecule has 4 nitrogen and oxygen atoms in total. The third kappa shape index (κ3) is 4.05. The molecule has 0 bridgehead atoms. The van der Waals surface area contributed by atoms with Gasteiger partial charge in [-0.1, -0.05) is 6.07 Å². The molecule has 0 spiro atoms. The molecule has 2 aromatic rings. The first-order valence-electron chi connectivity index (χ1n) is 6.70. The molecule has 0 aliphatic heterocycles. The third-order valence-electron chi connectivity index (χ3n) is 3.23. The Morgan fingerprint density at radius 1 is 1.30 bits per heavy atom. The molecular weight excluding hydrogens is 372 g/mol. The van der Waals surface area contributed by atoms with Crippen molar-refractivity contribution in [3.63, 3.8) is 0 Å². The van der Waals surface area contributed by atoms with Crippen molar-refractivity contribution in [2.45, 2.75) is 13.0 Å². The smallest absolute Gasteiger partial charge is 0.255 e. The van der Waals surface area contributed by atoms with Gasteiger partial charge < -0.3 is 15.5 Å². The summed E-state index contributed by atoms with van der Waals surface area (Å²) in [6, 6.07) is 5.92. The molecule has 0 aliphatic rings. The van der Waals surface area contributed by atoms with E-state index >= 15 is 0 Å². The maximum atomic E-state index is 13.6. The van der Waals surface area contributed by atoms with Crippen LogP contribution >= 0.6 is 15.9 Å². The number of nitrogens with one attached hydrogen (secondary N) is 1. The summed E-state index contributed by atoms with van der Waals surface area (Å²) in [4.78, 5) is 12.1. The second kappa shape index (κ2) is 7.06. The number of benzene rings is 2.